The maximum atomic E-state index is 12.2. The summed E-state index contributed by atoms with van der Waals surface area (Å²) in [6.45, 7) is -0.193. The van der Waals surface area contributed by atoms with Crippen LogP contribution in [-0.4, -0.2) is 31.2 Å². The van der Waals surface area contributed by atoms with Crippen LogP contribution in [-0.2, 0) is 11.8 Å². The molecule has 1 aromatic heterocycles. The number of hydrogen-bond acceptors (Lipinski definition) is 4. The molecule has 0 bridgehead atoms. The molecule has 2 rings (SSSR count). The predicted molar refractivity (Wildman–Crippen MR) is 75.3 cm³/mol. The molecule has 1 amide bonds. The largest absolute Gasteiger partial charge is 0.495 e. The number of methoxy groups -OCH3 is 1. The molecule has 0 unspecified atom stereocenters. The summed E-state index contributed by atoms with van der Waals surface area (Å²) >= 11 is 0. The molecule has 106 valence electrons. The number of aryl methyl sites for hydroxylation is 1. The summed E-state index contributed by atoms with van der Waals surface area (Å²) in [5, 5.41) is 3.24. The number of ether oxygens (including phenoxy) is 2. The van der Waals surface area contributed by atoms with E-state index in [0.717, 1.165) is 5.39 Å². The molecule has 6 heteroatoms. The number of hydrogen-bond donors (Lipinski definition) is 1. The van der Waals surface area contributed by atoms with Gasteiger partial charge in [0, 0.05) is 19.5 Å². The Bertz CT molecular complexity index is 706. The molecule has 0 radical (unpaired) electrons. The lowest BCUT2D eigenvalue weighted by molar-refractivity contribution is -0.122. The molecule has 6 nitrogen and oxygen atoms in total. The summed E-state index contributed by atoms with van der Waals surface area (Å²) in [5.41, 5.74) is 0.373. The third kappa shape index (κ3) is 2.45. The summed E-state index contributed by atoms with van der Waals surface area (Å²) in [7, 11) is 4.70. The van der Waals surface area contributed by atoms with Crippen molar-refractivity contribution < 1.29 is 14.3 Å². The van der Waals surface area contributed by atoms with Gasteiger partial charge in [-0.3, -0.25) is 9.59 Å². The van der Waals surface area contributed by atoms with Gasteiger partial charge >= 0.3 is 0 Å². The van der Waals surface area contributed by atoms with Crippen molar-refractivity contribution in [3.05, 3.63) is 34.6 Å². The highest BCUT2D eigenvalue weighted by molar-refractivity contribution is 5.86. The Hall–Kier alpha value is -2.50. The van der Waals surface area contributed by atoms with E-state index in [-0.39, 0.29) is 23.8 Å². The Balaban J connectivity index is 2.52. The van der Waals surface area contributed by atoms with E-state index in [1.807, 2.05) is 12.1 Å². The number of benzene rings is 1. The average molecular weight is 276 g/mol. The number of nitrogens with one attached hydrogen (secondary N) is 1. The summed E-state index contributed by atoms with van der Waals surface area (Å²) < 4.78 is 12.0. The van der Waals surface area contributed by atoms with Crippen LogP contribution >= 0.6 is 0 Å². The van der Waals surface area contributed by atoms with Crippen molar-refractivity contribution in [3.8, 4) is 11.5 Å². The first-order chi connectivity index (χ1) is 9.58. The first-order valence-electron chi connectivity index (χ1n) is 6.08. The Morgan fingerprint density at radius 3 is 2.75 bits per heavy atom. The molecule has 2 aromatic rings. The highest BCUT2D eigenvalue weighted by Crippen LogP contribution is 2.25. The summed E-state index contributed by atoms with van der Waals surface area (Å²) in [6.07, 6.45) is 0. The molecule has 0 aliphatic carbocycles. The Morgan fingerprint density at radius 1 is 1.35 bits per heavy atom. The number of likely N-dealkylation sites (N-methyl/N-ethyl adjacent to an activating group) is 1. The van der Waals surface area contributed by atoms with Crippen molar-refractivity contribution in [2.24, 2.45) is 7.05 Å². The maximum Gasteiger partial charge on any atom is 0.293 e. The number of aromatic nitrogens is 1. The van der Waals surface area contributed by atoms with Crippen molar-refractivity contribution in [3.63, 3.8) is 0 Å². The van der Waals surface area contributed by atoms with Crippen LogP contribution in [0.3, 0.4) is 0 Å². The van der Waals surface area contributed by atoms with E-state index >= 15 is 0 Å². The Labute approximate surface area is 115 Å². The van der Waals surface area contributed by atoms with Gasteiger partial charge in [-0.2, -0.15) is 0 Å². The smallest absolute Gasteiger partial charge is 0.293 e. The first-order valence-corrected chi connectivity index (χ1v) is 6.08. The Kier molecular flexibility index (Phi) is 3.93. The summed E-state index contributed by atoms with van der Waals surface area (Å²) in [5.74, 6) is 0.453. The minimum atomic E-state index is -0.314. The number of fused-ring (bicyclic) bond motifs is 1. The van der Waals surface area contributed by atoms with E-state index in [1.54, 1.807) is 26.3 Å². The van der Waals surface area contributed by atoms with Crippen LogP contribution < -0.4 is 20.3 Å². The monoisotopic (exact) mass is 276 g/mol. The van der Waals surface area contributed by atoms with Crippen LogP contribution in [0.5, 0.6) is 11.5 Å². The van der Waals surface area contributed by atoms with Crippen LogP contribution in [0.25, 0.3) is 10.9 Å². The molecule has 0 saturated carbocycles. The number of carbonyl (C=O) groups is 1. The normalized spacial score (nSPS) is 10.3. The fourth-order valence-corrected chi connectivity index (χ4v) is 1.97. The average Bonchev–Trinajstić information content (AvgIpc) is 2.48. The predicted octanol–water partition coefficient (Wildman–Crippen LogP) is 0.672. The van der Waals surface area contributed by atoms with Crippen LogP contribution in [0.2, 0.25) is 0 Å². The number of carbonyl (C=O) groups excluding carboxylic acids is 1. The molecular formula is C14H16N2O4. The van der Waals surface area contributed by atoms with E-state index in [9.17, 15) is 9.59 Å². The molecule has 20 heavy (non-hydrogen) atoms. The van der Waals surface area contributed by atoms with E-state index in [2.05, 4.69) is 5.32 Å². The van der Waals surface area contributed by atoms with Gasteiger partial charge in [-0.15, -0.1) is 0 Å². The van der Waals surface area contributed by atoms with Gasteiger partial charge in [0.25, 0.3) is 11.5 Å². The van der Waals surface area contributed by atoms with Gasteiger partial charge in [-0.1, -0.05) is 12.1 Å². The zero-order valence-corrected chi connectivity index (χ0v) is 11.6. The molecule has 0 fully saturated rings. The van der Waals surface area contributed by atoms with Crippen LogP contribution in [0.4, 0.5) is 0 Å². The minimum Gasteiger partial charge on any atom is -0.495 e. The van der Waals surface area contributed by atoms with Crippen LogP contribution in [0, 0.1) is 0 Å². The first kappa shape index (κ1) is 13.9. The molecule has 0 saturated heterocycles. The Morgan fingerprint density at radius 2 is 2.10 bits per heavy atom. The molecule has 1 aromatic carbocycles. The van der Waals surface area contributed by atoms with Gasteiger partial charge in [-0.05, 0) is 12.1 Å². The fraction of sp³-hybridized carbons (Fsp3) is 0.286. The molecule has 0 atom stereocenters. The van der Waals surface area contributed by atoms with E-state index in [1.165, 1.54) is 11.6 Å². The third-order valence-corrected chi connectivity index (χ3v) is 3.03. The second-order valence-electron chi connectivity index (χ2n) is 4.23. The van der Waals surface area contributed by atoms with Crippen molar-refractivity contribution in [1.29, 1.82) is 0 Å². The number of para-hydroxylation sites is 1. The van der Waals surface area contributed by atoms with Crippen molar-refractivity contribution in [2.45, 2.75) is 0 Å². The zero-order chi connectivity index (χ0) is 14.7. The number of pyridine rings is 1. The minimum absolute atomic E-state index is 0.136. The van der Waals surface area contributed by atoms with E-state index in [0.29, 0.717) is 11.3 Å². The molecule has 1 heterocycles. The summed E-state index contributed by atoms with van der Waals surface area (Å²) in [6, 6.07) is 7.08. The second kappa shape index (κ2) is 5.64. The quantitative estimate of drug-likeness (QED) is 0.891. The molecular weight excluding hydrogens is 260 g/mol. The molecule has 0 aliphatic heterocycles. The van der Waals surface area contributed by atoms with Gasteiger partial charge < -0.3 is 19.4 Å². The van der Waals surface area contributed by atoms with Crippen LogP contribution in [0.15, 0.2) is 29.1 Å². The van der Waals surface area contributed by atoms with E-state index < -0.39 is 0 Å². The summed E-state index contributed by atoms with van der Waals surface area (Å²) in [4.78, 5) is 23.4. The number of nitrogens with zero attached hydrogens (tertiary/aromatic N) is 1. The lowest BCUT2D eigenvalue weighted by Gasteiger charge is -2.12. The van der Waals surface area contributed by atoms with Gasteiger partial charge in [0.2, 0.25) is 0 Å². The lowest BCUT2D eigenvalue weighted by atomic mass is 10.2. The SMILES string of the molecule is CNC(=O)COc1cc2cccc(OC)c2n(C)c1=O. The molecule has 1 N–H and O–H groups in total. The van der Waals surface area contributed by atoms with Crippen molar-refractivity contribution in [1.82, 2.24) is 9.88 Å². The number of rotatable bonds is 4. The second-order valence-corrected chi connectivity index (χ2v) is 4.23. The number of amides is 1. The highest BCUT2D eigenvalue weighted by Gasteiger charge is 2.12. The zero-order valence-electron chi connectivity index (χ0n) is 11.6. The van der Waals surface area contributed by atoms with Gasteiger partial charge in [0.15, 0.2) is 12.4 Å². The fourth-order valence-electron chi connectivity index (χ4n) is 1.97. The van der Waals surface area contributed by atoms with Gasteiger partial charge in [0.05, 0.1) is 12.6 Å². The standard InChI is InChI=1S/C14H16N2O4/c1-15-12(17)8-20-11-7-9-5-4-6-10(19-3)13(9)16(2)14(11)18/h4-7H,8H2,1-3H3,(H,15,17). The maximum absolute atomic E-state index is 12.2. The van der Waals surface area contributed by atoms with Crippen LogP contribution in [0.1, 0.15) is 0 Å². The lowest BCUT2D eigenvalue weighted by Crippen LogP contribution is -2.27. The van der Waals surface area contributed by atoms with Gasteiger partial charge in [-0.25, -0.2) is 0 Å². The third-order valence-electron chi connectivity index (χ3n) is 3.03. The molecule has 0 spiro atoms. The van der Waals surface area contributed by atoms with Crippen molar-refractivity contribution >= 4 is 16.8 Å². The van der Waals surface area contributed by atoms with Crippen molar-refractivity contribution in [2.75, 3.05) is 20.8 Å². The van der Waals surface area contributed by atoms with E-state index in [4.69, 9.17) is 9.47 Å². The topological polar surface area (TPSA) is 69.6 Å². The van der Waals surface area contributed by atoms with Gasteiger partial charge in [0.1, 0.15) is 5.75 Å². The molecule has 0 aliphatic rings. The highest BCUT2D eigenvalue weighted by atomic mass is 16.5.